The maximum atomic E-state index is 11.2. The third-order valence-corrected chi connectivity index (χ3v) is 3.07. The van der Waals surface area contributed by atoms with Crippen molar-refractivity contribution in [2.24, 2.45) is 0 Å². The van der Waals surface area contributed by atoms with Crippen molar-refractivity contribution in [1.82, 2.24) is 5.32 Å². The molecule has 0 aromatic heterocycles. The standard InChI is InChI=1S/C14H21NO5/c1-2-3-4-7-15-12(14(19)20)13(18)9-5-6-10(16)11(17)8-9/h5-6,8,12-13,15-18H,2-4,7H2,1H3,(H,19,20)/t12-,13?/m1/s1. The number of aromatic hydroxyl groups is 2. The van der Waals surface area contributed by atoms with Crippen LogP contribution in [0.3, 0.4) is 0 Å². The summed E-state index contributed by atoms with van der Waals surface area (Å²) in [5.41, 5.74) is 0.232. The number of rotatable bonds is 8. The van der Waals surface area contributed by atoms with E-state index in [9.17, 15) is 20.1 Å². The number of carbonyl (C=O) groups is 1. The minimum atomic E-state index is -1.30. The van der Waals surface area contributed by atoms with Crippen molar-refractivity contribution in [2.75, 3.05) is 6.54 Å². The molecule has 0 saturated heterocycles. The first-order chi connectivity index (χ1) is 9.47. The Bertz CT molecular complexity index is 449. The molecule has 6 nitrogen and oxygen atoms in total. The molecule has 1 aromatic carbocycles. The summed E-state index contributed by atoms with van der Waals surface area (Å²) in [5.74, 6) is -1.87. The number of phenols is 2. The topological polar surface area (TPSA) is 110 Å². The lowest BCUT2D eigenvalue weighted by Crippen LogP contribution is -2.42. The van der Waals surface area contributed by atoms with Crippen LogP contribution in [0.4, 0.5) is 0 Å². The molecule has 2 atom stereocenters. The molecule has 0 aliphatic carbocycles. The van der Waals surface area contributed by atoms with E-state index in [1.807, 2.05) is 6.92 Å². The van der Waals surface area contributed by atoms with Gasteiger partial charge in [0.15, 0.2) is 11.5 Å². The number of aliphatic carboxylic acids is 1. The van der Waals surface area contributed by atoms with Crippen molar-refractivity contribution in [3.05, 3.63) is 23.8 Å². The van der Waals surface area contributed by atoms with Gasteiger partial charge in [-0.05, 0) is 30.7 Å². The quantitative estimate of drug-likeness (QED) is 0.364. The molecule has 0 saturated carbocycles. The maximum absolute atomic E-state index is 11.2. The molecule has 6 heteroatoms. The van der Waals surface area contributed by atoms with E-state index < -0.39 is 23.9 Å². The first-order valence-corrected chi connectivity index (χ1v) is 6.63. The second kappa shape index (κ2) is 7.72. The van der Waals surface area contributed by atoms with E-state index in [1.165, 1.54) is 12.1 Å². The molecule has 0 radical (unpaired) electrons. The number of unbranched alkanes of at least 4 members (excludes halogenated alkanes) is 2. The third-order valence-electron chi connectivity index (χ3n) is 3.07. The number of benzene rings is 1. The lowest BCUT2D eigenvalue weighted by molar-refractivity contribution is -0.142. The number of carboxylic acid groups (broad SMARTS) is 1. The van der Waals surface area contributed by atoms with Gasteiger partial charge in [-0.15, -0.1) is 0 Å². The first kappa shape index (κ1) is 16.3. The normalized spacial score (nSPS) is 13.9. The molecule has 0 aliphatic heterocycles. The molecule has 0 amide bonds. The van der Waals surface area contributed by atoms with Crippen LogP contribution in [0.2, 0.25) is 0 Å². The van der Waals surface area contributed by atoms with Crippen LogP contribution in [0.5, 0.6) is 11.5 Å². The Hall–Kier alpha value is -1.79. The van der Waals surface area contributed by atoms with Crippen LogP contribution < -0.4 is 5.32 Å². The van der Waals surface area contributed by atoms with Crippen LogP contribution in [0, 0.1) is 0 Å². The predicted octanol–water partition coefficient (Wildman–Crippen LogP) is 1.36. The number of hydrogen-bond donors (Lipinski definition) is 5. The monoisotopic (exact) mass is 283 g/mol. The smallest absolute Gasteiger partial charge is 0.323 e. The fraction of sp³-hybridized carbons (Fsp3) is 0.500. The van der Waals surface area contributed by atoms with Gasteiger partial charge in [-0.3, -0.25) is 4.79 Å². The number of carboxylic acids is 1. The largest absolute Gasteiger partial charge is 0.504 e. The first-order valence-electron chi connectivity index (χ1n) is 6.63. The SMILES string of the molecule is CCCCCN[C@@H](C(=O)O)C(O)c1ccc(O)c(O)c1. The Morgan fingerprint density at radius 3 is 2.50 bits per heavy atom. The molecular formula is C14H21NO5. The Labute approximate surface area is 117 Å². The Balaban J connectivity index is 2.74. The van der Waals surface area contributed by atoms with Gasteiger partial charge in [0.25, 0.3) is 0 Å². The van der Waals surface area contributed by atoms with Crippen LogP contribution in [-0.4, -0.2) is 39.0 Å². The number of nitrogens with one attached hydrogen (secondary N) is 1. The van der Waals surface area contributed by atoms with Gasteiger partial charge < -0.3 is 25.7 Å². The minimum absolute atomic E-state index is 0.232. The van der Waals surface area contributed by atoms with Gasteiger partial charge in [0.1, 0.15) is 12.1 Å². The van der Waals surface area contributed by atoms with Gasteiger partial charge in [-0.1, -0.05) is 25.8 Å². The summed E-state index contributed by atoms with van der Waals surface area (Å²) in [4.78, 5) is 11.2. The highest BCUT2D eigenvalue weighted by molar-refractivity contribution is 5.74. The van der Waals surface area contributed by atoms with Gasteiger partial charge >= 0.3 is 5.97 Å². The zero-order valence-corrected chi connectivity index (χ0v) is 11.4. The zero-order valence-electron chi connectivity index (χ0n) is 11.4. The Morgan fingerprint density at radius 1 is 1.25 bits per heavy atom. The average molecular weight is 283 g/mol. The molecular weight excluding hydrogens is 262 g/mol. The van der Waals surface area contributed by atoms with Crippen molar-refractivity contribution < 1.29 is 25.2 Å². The van der Waals surface area contributed by atoms with Crippen molar-refractivity contribution in [1.29, 1.82) is 0 Å². The summed E-state index contributed by atoms with van der Waals surface area (Å²) in [5, 5.41) is 40.6. The van der Waals surface area contributed by atoms with Crippen LogP contribution in [0.1, 0.15) is 37.9 Å². The molecule has 5 N–H and O–H groups in total. The summed E-state index contributed by atoms with van der Waals surface area (Å²) in [6.07, 6.45) is 1.53. The van der Waals surface area contributed by atoms with Crippen molar-refractivity contribution >= 4 is 5.97 Å². The minimum Gasteiger partial charge on any atom is -0.504 e. The van der Waals surface area contributed by atoms with Gasteiger partial charge in [-0.25, -0.2) is 0 Å². The predicted molar refractivity (Wildman–Crippen MR) is 73.7 cm³/mol. The van der Waals surface area contributed by atoms with Gasteiger partial charge in [0.2, 0.25) is 0 Å². The molecule has 0 fully saturated rings. The highest BCUT2D eigenvalue weighted by Crippen LogP contribution is 2.29. The molecule has 0 heterocycles. The summed E-state index contributed by atoms with van der Waals surface area (Å²) < 4.78 is 0. The third kappa shape index (κ3) is 4.40. The van der Waals surface area contributed by atoms with E-state index >= 15 is 0 Å². The Kier molecular flexibility index (Phi) is 6.27. The highest BCUT2D eigenvalue weighted by atomic mass is 16.4. The lowest BCUT2D eigenvalue weighted by atomic mass is 10.0. The lowest BCUT2D eigenvalue weighted by Gasteiger charge is -2.21. The van der Waals surface area contributed by atoms with Gasteiger partial charge in [-0.2, -0.15) is 0 Å². The molecule has 112 valence electrons. The molecule has 20 heavy (non-hydrogen) atoms. The van der Waals surface area contributed by atoms with Crippen molar-refractivity contribution in [2.45, 2.75) is 38.3 Å². The second-order valence-electron chi connectivity index (χ2n) is 4.67. The fourth-order valence-electron chi connectivity index (χ4n) is 1.88. The van der Waals surface area contributed by atoms with E-state index in [2.05, 4.69) is 5.32 Å². The number of aliphatic hydroxyl groups excluding tert-OH is 1. The number of phenolic OH excluding ortho intramolecular Hbond substituents is 2. The van der Waals surface area contributed by atoms with E-state index in [4.69, 9.17) is 5.11 Å². The molecule has 0 spiro atoms. The van der Waals surface area contributed by atoms with Crippen LogP contribution in [0.25, 0.3) is 0 Å². The summed E-state index contributed by atoms with van der Waals surface area (Å²) in [7, 11) is 0. The van der Waals surface area contributed by atoms with Crippen LogP contribution >= 0.6 is 0 Å². The summed E-state index contributed by atoms with van der Waals surface area (Å²) >= 11 is 0. The van der Waals surface area contributed by atoms with Crippen molar-refractivity contribution in [3.8, 4) is 11.5 Å². The molecule has 0 bridgehead atoms. The maximum Gasteiger partial charge on any atom is 0.323 e. The Morgan fingerprint density at radius 2 is 1.95 bits per heavy atom. The molecule has 1 rings (SSSR count). The number of hydrogen-bond acceptors (Lipinski definition) is 5. The summed E-state index contributed by atoms with van der Waals surface area (Å²) in [6, 6.07) is 2.59. The average Bonchev–Trinajstić information content (AvgIpc) is 2.41. The van der Waals surface area contributed by atoms with Gasteiger partial charge in [0.05, 0.1) is 0 Å². The molecule has 1 aromatic rings. The second-order valence-corrected chi connectivity index (χ2v) is 4.67. The summed E-state index contributed by atoms with van der Waals surface area (Å²) in [6.45, 7) is 2.54. The zero-order chi connectivity index (χ0) is 15.1. The van der Waals surface area contributed by atoms with Crippen molar-refractivity contribution in [3.63, 3.8) is 0 Å². The van der Waals surface area contributed by atoms with Gasteiger partial charge in [0, 0.05) is 0 Å². The highest BCUT2D eigenvalue weighted by Gasteiger charge is 2.27. The van der Waals surface area contributed by atoms with Crippen LogP contribution in [0.15, 0.2) is 18.2 Å². The van der Waals surface area contributed by atoms with E-state index in [-0.39, 0.29) is 11.3 Å². The van der Waals surface area contributed by atoms with E-state index in [1.54, 1.807) is 0 Å². The molecule has 0 aliphatic rings. The molecule has 1 unspecified atom stereocenters. The number of aliphatic hydroxyl groups is 1. The van der Waals surface area contributed by atoms with E-state index in [0.29, 0.717) is 6.54 Å². The fourth-order valence-corrected chi connectivity index (χ4v) is 1.88. The van der Waals surface area contributed by atoms with E-state index in [0.717, 1.165) is 25.3 Å². The van der Waals surface area contributed by atoms with Crippen LogP contribution in [-0.2, 0) is 4.79 Å².